The summed E-state index contributed by atoms with van der Waals surface area (Å²) < 4.78 is 5.26. The summed E-state index contributed by atoms with van der Waals surface area (Å²) in [5, 5.41) is 8.23. The van der Waals surface area contributed by atoms with Gasteiger partial charge >= 0.3 is 0 Å². The lowest BCUT2D eigenvalue weighted by atomic mass is 9.94. The smallest absolute Gasteiger partial charge is 0.247 e. The second-order valence-corrected chi connectivity index (χ2v) is 9.55. The molecule has 1 aromatic carbocycles. The van der Waals surface area contributed by atoms with Crippen LogP contribution < -0.4 is 15.4 Å². The third-order valence-corrected chi connectivity index (χ3v) is 6.90. The molecule has 1 fully saturated rings. The topological polar surface area (TPSA) is 101 Å². The molecule has 0 bridgehead atoms. The molecule has 0 aliphatic heterocycles. The van der Waals surface area contributed by atoms with E-state index in [1.54, 1.807) is 37.5 Å². The lowest BCUT2D eigenvalue weighted by Gasteiger charge is -2.33. The largest absolute Gasteiger partial charge is 0.497 e. The van der Waals surface area contributed by atoms with Crippen LogP contribution in [0.2, 0.25) is 0 Å². The van der Waals surface area contributed by atoms with E-state index in [0.717, 1.165) is 31.4 Å². The molecule has 1 aliphatic carbocycles. The highest BCUT2D eigenvalue weighted by Crippen LogP contribution is 2.26. The molecule has 3 rings (SSSR count). The van der Waals surface area contributed by atoms with Crippen LogP contribution in [0.15, 0.2) is 42.3 Å². The maximum Gasteiger partial charge on any atom is 0.247 e. The zero-order valence-corrected chi connectivity index (χ0v) is 21.2. The van der Waals surface area contributed by atoms with Crippen molar-refractivity contribution in [1.29, 1.82) is 0 Å². The van der Waals surface area contributed by atoms with Gasteiger partial charge in [-0.2, -0.15) is 0 Å². The zero-order chi connectivity index (χ0) is 25.2. The number of aromatic nitrogens is 1. The van der Waals surface area contributed by atoms with Crippen LogP contribution in [0, 0.1) is 6.92 Å². The van der Waals surface area contributed by atoms with Gasteiger partial charge in [0.1, 0.15) is 11.8 Å². The molecule has 2 aromatic rings. The fourth-order valence-electron chi connectivity index (χ4n) is 4.23. The first-order chi connectivity index (χ1) is 16.9. The van der Waals surface area contributed by atoms with Crippen LogP contribution in [-0.2, 0) is 14.4 Å². The predicted molar refractivity (Wildman–Crippen MR) is 137 cm³/mol. The molecule has 3 amide bonds. The number of amides is 3. The number of carbonyl (C=O) groups is 3. The molecule has 1 aliphatic rings. The quantitative estimate of drug-likeness (QED) is 0.448. The van der Waals surface area contributed by atoms with Gasteiger partial charge in [-0.05, 0) is 37.5 Å². The number of methoxy groups -OCH3 is 1. The fraction of sp³-hybridized carbons (Fsp3) is 0.462. The van der Waals surface area contributed by atoms with Crippen LogP contribution in [0.3, 0.4) is 0 Å². The van der Waals surface area contributed by atoms with Crippen molar-refractivity contribution in [3.63, 3.8) is 0 Å². The third kappa shape index (κ3) is 7.65. The maximum atomic E-state index is 13.5. The standard InChI is InChI=1S/C26H34N4O4S/c1-4-16-30(23(32)15-14-22(31)29-26-27-18(2)17-35-26)24(19-10-12-21(34-3)13-11-19)25(33)28-20-8-6-5-7-9-20/h4,10-13,17,20,24H,1,5-9,14-16H2,2-3H3,(H,28,33)(H,27,29,31)/t24-/m0/s1. The SMILES string of the molecule is C=CCN(C(=O)CCC(=O)Nc1nc(C)cs1)[C@H](C(=O)NC1CCCCC1)c1ccc(OC)cc1. The van der Waals surface area contributed by atoms with Gasteiger partial charge in [0.2, 0.25) is 17.7 Å². The Morgan fingerprint density at radius 3 is 2.51 bits per heavy atom. The van der Waals surface area contributed by atoms with Gasteiger partial charge in [0.25, 0.3) is 0 Å². The van der Waals surface area contributed by atoms with Crippen molar-refractivity contribution < 1.29 is 19.1 Å². The molecule has 2 N–H and O–H groups in total. The van der Waals surface area contributed by atoms with Gasteiger partial charge in [-0.15, -0.1) is 17.9 Å². The lowest BCUT2D eigenvalue weighted by molar-refractivity contribution is -0.141. The van der Waals surface area contributed by atoms with E-state index in [1.807, 2.05) is 12.3 Å². The van der Waals surface area contributed by atoms with Crippen molar-refractivity contribution in [2.24, 2.45) is 0 Å². The van der Waals surface area contributed by atoms with Crippen LogP contribution in [0.4, 0.5) is 5.13 Å². The molecule has 0 saturated heterocycles. The first kappa shape index (κ1) is 26.4. The van der Waals surface area contributed by atoms with Gasteiger partial charge in [-0.3, -0.25) is 14.4 Å². The van der Waals surface area contributed by atoms with Crippen LogP contribution in [0.25, 0.3) is 0 Å². The second kappa shape index (κ2) is 13.0. The van der Waals surface area contributed by atoms with Crippen LogP contribution >= 0.6 is 11.3 Å². The molecule has 9 heteroatoms. The number of anilines is 1. The summed E-state index contributed by atoms with van der Waals surface area (Å²) in [7, 11) is 1.58. The maximum absolute atomic E-state index is 13.5. The number of hydrogen-bond acceptors (Lipinski definition) is 6. The van der Waals surface area contributed by atoms with Crippen molar-refractivity contribution in [2.45, 2.75) is 64.0 Å². The summed E-state index contributed by atoms with van der Waals surface area (Å²) in [4.78, 5) is 44.9. The average molecular weight is 499 g/mol. The molecule has 1 saturated carbocycles. The van der Waals surface area contributed by atoms with Crippen LogP contribution in [-0.4, -0.2) is 47.3 Å². The Balaban J connectivity index is 1.76. The van der Waals surface area contributed by atoms with Crippen LogP contribution in [0.1, 0.15) is 62.2 Å². The molecular formula is C26H34N4O4S. The summed E-state index contributed by atoms with van der Waals surface area (Å²) in [6.45, 7) is 5.81. The summed E-state index contributed by atoms with van der Waals surface area (Å²) in [6.07, 6.45) is 6.78. The summed E-state index contributed by atoms with van der Waals surface area (Å²) >= 11 is 1.34. The van der Waals surface area contributed by atoms with E-state index in [2.05, 4.69) is 22.2 Å². The Morgan fingerprint density at radius 1 is 1.20 bits per heavy atom. The Morgan fingerprint density at radius 2 is 1.91 bits per heavy atom. The van der Waals surface area contributed by atoms with Gasteiger partial charge in [0, 0.05) is 30.8 Å². The summed E-state index contributed by atoms with van der Waals surface area (Å²) in [6, 6.07) is 6.41. The molecule has 0 unspecified atom stereocenters. The number of aryl methyl sites for hydroxylation is 1. The minimum Gasteiger partial charge on any atom is -0.497 e. The van der Waals surface area contributed by atoms with Gasteiger partial charge in [-0.1, -0.05) is 37.5 Å². The first-order valence-electron chi connectivity index (χ1n) is 12.0. The zero-order valence-electron chi connectivity index (χ0n) is 20.4. The monoisotopic (exact) mass is 498 g/mol. The highest BCUT2D eigenvalue weighted by molar-refractivity contribution is 7.13. The number of nitrogens with zero attached hydrogens (tertiary/aromatic N) is 2. The van der Waals surface area contributed by atoms with E-state index >= 15 is 0 Å². The molecule has 188 valence electrons. The minimum atomic E-state index is -0.835. The van der Waals surface area contributed by atoms with Crippen molar-refractivity contribution in [1.82, 2.24) is 15.2 Å². The highest BCUT2D eigenvalue weighted by atomic mass is 32.1. The fourth-order valence-corrected chi connectivity index (χ4v) is 4.94. The number of rotatable bonds is 11. The van der Waals surface area contributed by atoms with Crippen molar-refractivity contribution >= 4 is 34.2 Å². The molecule has 0 spiro atoms. The van der Waals surface area contributed by atoms with Gasteiger partial charge in [-0.25, -0.2) is 4.98 Å². The molecule has 1 heterocycles. The van der Waals surface area contributed by atoms with Crippen molar-refractivity contribution in [2.75, 3.05) is 19.0 Å². The Labute approximate surface area is 210 Å². The van der Waals surface area contributed by atoms with Crippen LogP contribution in [0.5, 0.6) is 5.75 Å². The molecule has 8 nitrogen and oxygen atoms in total. The first-order valence-corrected chi connectivity index (χ1v) is 12.9. The molecular weight excluding hydrogens is 464 g/mol. The van der Waals surface area contributed by atoms with Crippen molar-refractivity contribution in [3.8, 4) is 5.75 Å². The molecule has 0 radical (unpaired) electrons. The van der Waals surface area contributed by atoms with E-state index in [1.165, 1.54) is 22.7 Å². The van der Waals surface area contributed by atoms with Gasteiger partial charge in [0.05, 0.1) is 12.8 Å². The van der Waals surface area contributed by atoms with E-state index < -0.39 is 6.04 Å². The molecule has 35 heavy (non-hydrogen) atoms. The summed E-state index contributed by atoms with van der Waals surface area (Å²) in [5.41, 5.74) is 1.50. The average Bonchev–Trinajstić information content (AvgIpc) is 3.27. The minimum absolute atomic E-state index is 0.00925. The lowest BCUT2D eigenvalue weighted by Crippen LogP contribution is -2.47. The van der Waals surface area contributed by atoms with E-state index in [9.17, 15) is 14.4 Å². The van der Waals surface area contributed by atoms with Gasteiger partial charge in [0.15, 0.2) is 5.13 Å². The highest BCUT2D eigenvalue weighted by Gasteiger charge is 2.32. The number of ether oxygens (including phenoxy) is 1. The normalized spacial score (nSPS) is 14.6. The number of thiazole rings is 1. The molecule has 1 atom stereocenters. The third-order valence-electron chi connectivity index (χ3n) is 6.02. The van der Waals surface area contributed by atoms with E-state index in [-0.39, 0.29) is 43.1 Å². The van der Waals surface area contributed by atoms with Crippen molar-refractivity contribution in [3.05, 3.63) is 53.6 Å². The predicted octanol–water partition coefficient (Wildman–Crippen LogP) is 4.38. The second-order valence-electron chi connectivity index (χ2n) is 8.70. The Bertz CT molecular complexity index is 1010. The Hall–Kier alpha value is -3.20. The number of nitrogens with one attached hydrogen (secondary N) is 2. The number of hydrogen-bond donors (Lipinski definition) is 2. The summed E-state index contributed by atoms with van der Waals surface area (Å²) in [5.74, 6) is -0.148. The van der Waals surface area contributed by atoms with E-state index in [4.69, 9.17) is 4.74 Å². The Kier molecular flexibility index (Phi) is 9.84. The number of benzene rings is 1. The van der Waals surface area contributed by atoms with Gasteiger partial charge < -0.3 is 20.3 Å². The molecule has 1 aromatic heterocycles. The number of carbonyl (C=O) groups excluding carboxylic acids is 3. The van der Waals surface area contributed by atoms with E-state index in [0.29, 0.717) is 16.4 Å².